The number of carbonyl (C=O) groups excluding carboxylic acids is 2. The van der Waals surface area contributed by atoms with E-state index in [9.17, 15) is 9.59 Å². The standard InChI is InChI=1S/C34H46O5/c1-20-12-15-34(37-19-20)21(2)30-28(39-34)17-27-25-11-10-23-16-24(38-31(36)22-8-6-5-7-9-22)13-14-32(23,3)26(25)18-29(35)33(27,30)4/h5-9,20-21,23-28,30H,10-19H2,1-4H3/t20-,21-,23-,24+,25+,26-,27-,28-,30-,32-,33+,34+/m0/s1. The predicted octanol–water partition coefficient (Wildman–Crippen LogP) is 6.84. The van der Waals surface area contributed by atoms with Crippen molar-refractivity contribution >= 4 is 11.8 Å². The van der Waals surface area contributed by atoms with E-state index in [1.807, 2.05) is 30.3 Å². The Morgan fingerprint density at radius 1 is 0.974 bits per heavy atom. The van der Waals surface area contributed by atoms with Crippen molar-refractivity contribution in [3.05, 3.63) is 35.9 Å². The van der Waals surface area contributed by atoms with E-state index in [0.29, 0.717) is 47.4 Å². The third-order valence-corrected chi connectivity index (χ3v) is 13.0. The average Bonchev–Trinajstić information content (AvgIpc) is 3.38. The molecular formula is C34H46O5. The summed E-state index contributed by atoms with van der Waals surface area (Å²) in [6.45, 7) is 10.1. The van der Waals surface area contributed by atoms with Crippen LogP contribution in [0, 0.1) is 52.3 Å². The summed E-state index contributed by atoms with van der Waals surface area (Å²) >= 11 is 0. The number of rotatable bonds is 2. The molecule has 0 bridgehead atoms. The topological polar surface area (TPSA) is 61.8 Å². The van der Waals surface area contributed by atoms with Gasteiger partial charge in [-0.05, 0) is 92.1 Å². The van der Waals surface area contributed by atoms with Gasteiger partial charge in [-0.1, -0.05) is 45.9 Å². The molecule has 0 radical (unpaired) electrons. The number of ketones is 1. The fraction of sp³-hybridized carbons (Fsp3) is 0.765. The highest BCUT2D eigenvalue weighted by atomic mass is 16.7. The van der Waals surface area contributed by atoms with E-state index < -0.39 is 5.79 Å². The number of Topliss-reactive ketones (excluding diaryl/α,β-unsaturated/α-hetero) is 1. The summed E-state index contributed by atoms with van der Waals surface area (Å²) in [6, 6.07) is 9.35. The molecule has 0 aromatic heterocycles. The van der Waals surface area contributed by atoms with Gasteiger partial charge in [0.05, 0.1) is 18.3 Å². The largest absolute Gasteiger partial charge is 0.459 e. The van der Waals surface area contributed by atoms with E-state index in [2.05, 4.69) is 27.7 Å². The Kier molecular flexibility index (Phi) is 6.14. The number of ether oxygens (including phenoxy) is 3. The fourth-order valence-corrected chi connectivity index (χ4v) is 10.8. The van der Waals surface area contributed by atoms with E-state index in [1.54, 1.807) is 0 Å². The molecule has 5 nitrogen and oxygen atoms in total. The van der Waals surface area contributed by atoms with Crippen LogP contribution in [0.4, 0.5) is 0 Å². The molecule has 5 heteroatoms. The van der Waals surface area contributed by atoms with Crippen molar-refractivity contribution in [1.82, 2.24) is 0 Å². The van der Waals surface area contributed by atoms with Gasteiger partial charge in [0.15, 0.2) is 5.79 Å². The zero-order chi connectivity index (χ0) is 27.2. The predicted molar refractivity (Wildman–Crippen MR) is 148 cm³/mol. The molecule has 2 saturated heterocycles. The molecule has 0 amide bonds. The molecule has 2 aliphatic heterocycles. The van der Waals surface area contributed by atoms with Gasteiger partial charge in [0, 0.05) is 30.1 Å². The summed E-state index contributed by atoms with van der Waals surface area (Å²) in [7, 11) is 0. The maximum Gasteiger partial charge on any atom is 0.338 e. The Hall–Kier alpha value is -1.72. The Morgan fingerprint density at radius 2 is 1.77 bits per heavy atom. The van der Waals surface area contributed by atoms with E-state index in [1.165, 1.54) is 12.8 Å². The summed E-state index contributed by atoms with van der Waals surface area (Å²) in [5.74, 6) is 2.84. The third-order valence-electron chi connectivity index (χ3n) is 13.0. The highest BCUT2D eigenvalue weighted by molar-refractivity contribution is 5.89. The molecule has 1 aromatic rings. The summed E-state index contributed by atoms with van der Waals surface area (Å²) in [6.07, 6.45) is 9.17. The second-order valence-electron chi connectivity index (χ2n) is 14.7. The third kappa shape index (κ3) is 3.77. The number of fused-ring (bicyclic) bond motifs is 7. The molecule has 4 aliphatic carbocycles. The summed E-state index contributed by atoms with van der Waals surface area (Å²) < 4.78 is 19.3. The minimum absolute atomic E-state index is 0.0219. The number of carbonyl (C=O) groups is 2. The summed E-state index contributed by atoms with van der Waals surface area (Å²) in [4.78, 5) is 27.0. The Labute approximate surface area is 233 Å². The highest BCUT2D eigenvalue weighted by Gasteiger charge is 2.71. The van der Waals surface area contributed by atoms with Crippen LogP contribution in [0.3, 0.4) is 0 Å². The molecule has 6 fully saturated rings. The zero-order valence-electron chi connectivity index (χ0n) is 24.2. The first-order chi connectivity index (χ1) is 18.7. The Bertz CT molecular complexity index is 1120. The molecule has 0 unspecified atom stereocenters. The van der Waals surface area contributed by atoms with Crippen LogP contribution in [-0.2, 0) is 19.0 Å². The van der Waals surface area contributed by atoms with Gasteiger partial charge < -0.3 is 14.2 Å². The fourth-order valence-electron chi connectivity index (χ4n) is 10.8. The smallest absolute Gasteiger partial charge is 0.338 e. The second kappa shape index (κ2) is 9.14. The summed E-state index contributed by atoms with van der Waals surface area (Å²) in [5.41, 5.74) is 0.473. The molecule has 0 N–H and O–H groups in total. The monoisotopic (exact) mass is 534 g/mol. The number of esters is 1. The van der Waals surface area contributed by atoms with Crippen molar-refractivity contribution in [2.45, 2.75) is 103 Å². The van der Waals surface area contributed by atoms with Gasteiger partial charge in [-0.15, -0.1) is 0 Å². The maximum absolute atomic E-state index is 14.3. The van der Waals surface area contributed by atoms with E-state index in [0.717, 1.165) is 45.1 Å². The average molecular weight is 535 g/mol. The van der Waals surface area contributed by atoms with Gasteiger partial charge in [-0.3, -0.25) is 4.79 Å². The second-order valence-corrected chi connectivity index (χ2v) is 14.7. The SMILES string of the molecule is C[C@H]1CC[C@@]2(OC1)O[C@H]1C[C@H]3[C@@H]4CC[C@H]5C[C@H](OC(=O)c6ccccc6)CC[C@]5(C)[C@H]4CC(=O)[C@]3(C)[C@H]1[C@@H]2C. The maximum atomic E-state index is 14.3. The first kappa shape index (κ1) is 26.2. The Balaban J connectivity index is 1.08. The van der Waals surface area contributed by atoms with Crippen LogP contribution >= 0.6 is 0 Å². The van der Waals surface area contributed by atoms with Crippen molar-refractivity contribution in [3.63, 3.8) is 0 Å². The van der Waals surface area contributed by atoms with Crippen LogP contribution in [0.1, 0.15) is 95.8 Å². The molecule has 1 aromatic carbocycles. The van der Waals surface area contributed by atoms with Gasteiger partial charge in [-0.2, -0.15) is 0 Å². The van der Waals surface area contributed by atoms with E-state index in [4.69, 9.17) is 14.2 Å². The first-order valence-corrected chi connectivity index (χ1v) is 15.8. The van der Waals surface area contributed by atoms with Crippen molar-refractivity contribution in [2.75, 3.05) is 6.61 Å². The van der Waals surface area contributed by atoms with Gasteiger partial charge in [0.1, 0.15) is 11.9 Å². The lowest BCUT2D eigenvalue weighted by Crippen LogP contribution is -2.58. The molecular weight excluding hydrogens is 488 g/mol. The van der Waals surface area contributed by atoms with Crippen molar-refractivity contribution in [2.24, 2.45) is 52.3 Å². The quantitative estimate of drug-likeness (QED) is 0.389. The van der Waals surface area contributed by atoms with Crippen molar-refractivity contribution < 1.29 is 23.8 Å². The number of hydrogen-bond acceptors (Lipinski definition) is 5. The highest BCUT2D eigenvalue weighted by Crippen LogP contribution is 2.70. The van der Waals surface area contributed by atoms with Crippen LogP contribution in [0.25, 0.3) is 0 Å². The van der Waals surface area contributed by atoms with Gasteiger partial charge in [0.2, 0.25) is 0 Å². The molecule has 12 atom stereocenters. The van der Waals surface area contributed by atoms with E-state index >= 15 is 0 Å². The molecule has 212 valence electrons. The molecule has 2 heterocycles. The van der Waals surface area contributed by atoms with E-state index in [-0.39, 0.29) is 40.8 Å². The molecule has 7 rings (SSSR count). The molecule has 4 saturated carbocycles. The number of hydrogen-bond donors (Lipinski definition) is 0. The van der Waals surface area contributed by atoms with Gasteiger partial charge in [0.25, 0.3) is 0 Å². The normalized spacial score (nSPS) is 50.6. The van der Waals surface area contributed by atoms with Crippen LogP contribution in [0.15, 0.2) is 30.3 Å². The van der Waals surface area contributed by atoms with Crippen LogP contribution in [0.5, 0.6) is 0 Å². The van der Waals surface area contributed by atoms with Crippen molar-refractivity contribution in [3.8, 4) is 0 Å². The molecule has 6 aliphatic rings. The van der Waals surface area contributed by atoms with Crippen molar-refractivity contribution in [1.29, 1.82) is 0 Å². The minimum atomic E-state index is -0.480. The van der Waals surface area contributed by atoms with Crippen LogP contribution < -0.4 is 0 Å². The van der Waals surface area contributed by atoms with Gasteiger partial charge >= 0.3 is 5.97 Å². The minimum Gasteiger partial charge on any atom is -0.459 e. The molecule has 1 spiro atoms. The van der Waals surface area contributed by atoms with Crippen LogP contribution in [0.2, 0.25) is 0 Å². The van der Waals surface area contributed by atoms with Crippen LogP contribution in [-0.4, -0.2) is 36.4 Å². The van der Waals surface area contributed by atoms with Gasteiger partial charge in [-0.25, -0.2) is 4.79 Å². The Morgan fingerprint density at radius 3 is 2.51 bits per heavy atom. The number of benzene rings is 1. The molecule has 39 heavy (non-hydrogen) atoms. The lowest BCUT2D eigenvalue weighted by molar-refractivity contribution is -0.272. The lowest BCUT2D eigenvalue weighted by Gasteiger charge is -2.60. The zero-order valence-corrected chi connectivity index (χ0v) is 24.2. The first-order valence-electron chi connectivity index (χ1n) is 15.8. The summed E-state index contributed by atoms with van der Waals surface area (Å²) in [5, 5.41) is 0. The lowest BCUT2D eigenvalue weighted by atomic mass is 9.44.